The second-order valence-electron chi connectivity index (χ2n) is 4.88. The maximum atomic E-state index is 11.8. The van der Waals surface area contributed by atoms with Crippen LogP contribution in [0.2, 0.25) is 0 Å². The Balaban J connectivity index is 1.85. The monoisotopic (exact) mass is 306 g/mol. The van der Waals surface area contributed by atoms with Crippen LogP contribution >= 0.6 is 0 Å². The van der Waals surface area contributed by atoms with Gasteiger partial charge in [0.2, 0.25) is 11.8 Å². The molecule has 0 saturated carbocycles. The van der Waals surface area contributed by atoms with Crippen LogP contribution in [0.25, 0.3) is 6.08 Å². The first-order valence-corrected chi connectivity index (χ1v) is 7.22. The molecule has 0 aliphatic carbocycles. The van der Waals surface area contributed by atoms with Gasteiger partial charge in [0.25, 0.3) is 0 Å². The first-order valence-electron chi connectivity index (χ1n) is 7.22. The Kier molecular flexibility index (Phi) is 5.89. The van der Waals surface area contributed by atoms with Crippen LogP contribution in [0.1, 0.15) is 12.5 Å². The molecule has 2 aromatic carbocycles. The lowest BCUT2D eigenvalue weighted by Gasteiger charge is -2.04. The van der Waals surface area contributed by atoms with E-state index in [1.54, 1.807) is 30.3 Å². The van der Waals surface area contributed by atoms with E-state index in [4.69, 9.17) is 0 Å². The molecule has 0 spiro atoms. The van der Waals surface area contributed by atoms with E-state index in [9.17, 15) is 9.59 Å². The number of allylic oxidation sites excluding steroid dienone is 2. The van der Waals surface area contributed by atoms with E-state index in [-0.39, 0.29) is 11.8 Å². The fraction of sp³-hybridized carbons (Fsp3) is 0.0526. The lowest BCUT2D eigenvalue weighted by Crippen LogP contribution is -2.08. The summed E-state index contributed by atoms with van der Waals surface area (Å²) in [5.41, 5.74) is 2.43. The van der Waals surface area contributed by atoms with Gasteiger partial charge in [0.1, 0.15) is 0 Å². The topological polar surface area (TPSA) is 58.2 Å². The average molecular weight is 306 g/mol. The quantitative estimate of drug-likeness (QED) is 0.651. The molecule has 0 aliphatic heterocycles. The van der Waals surface area contributed by atoms with Crippen molar-refractivity contribution in [2.45, 2.75) is 6.92 Å². The molecular weight excluding hydrogens is 288 g/mol. The number of carbonyl (C=O) groups is 2. The normalized spacial score (nSPS) is 10.8. The number of nitrogens with one attached hydrogen (secondary N) is 2. The molecule has 2 rings (SSSR count). The van der Waals surface area contributed by atoms with E-state index >= 15 is 0 Å². The van der Waals surface area contributed by atoms with Crippen LogP contribution in [0.3, 0.4) is 0 Å². The average Bonchev–Trinajstić information content (AvgIpc) is 2.54. The zero-order valence-corrected chi connectivity index (χ0v) is 12.8. The summed E-state index contributed by atoms with van der Waals surface area (Å²) in [5, 5.41) is 5.42. The van der Waals surface area contributed by atoms with E-state index in [0.717, 1.165) is 5.56 Å². The maximum Gasteiger partial charge on any atom is 0.248 e. The van der Waals surface area contributed by atoms with Crippen LogP contribution in [0.15, 0.2) is 72.8 Å². The van der Waals surface area contributed by atoms with Gasteiger partial charge in [-0.05, 0) is 29.8 Å². The molecule has 2 amide bonds. The van der Waals surface area contributed by atoms with E-state index in [2.05, 4.69) is 10.6 Å². The molecule has 0 radical (unpaired) electrons. The highest BCUT2D eigenvalue weighted by atomic mass is 16.2. The highest BCUT2D eigenvalue weighted by Crippen LogP contribution is 2.13. The Hall–Kier alpha value is -3.14. The summed E-state index contributed by atoms with van der Waals surface area (Å²) < 4.78 is 0. The Labute approximate surface area is 135 Å². The molecule has 2 aromatic rings. The van der Waals surface area contributed by atoms with E-state index < -0.39 is 0 Å². The van der Waals surface area contributed by atoms with Crippen molar-refractivity contribution in [3.63, 3.8) is 0 Å². The zero-order valence-electron chi connectivity index (χ0n) is 12.8. The molecule has 0 saturated heterocycles. The van der Waals surface area contributed by atoms with Gasteiger partial charge in [0.15, 0.2) is 0 Å². The summed E-state index contributed by atoms with van der Waals surface area (Å²) in [7, 11) is 0. The largest absolute Gasteiger partial charge is 0.326 e. The molecule has 0 unspecified atom stereocenters. The molecular formula is C19H18N2O2. The van der Waals surface area contributed by atoms with Gasteiger partial charge in [0, 0.05) is 24.4 Å². The molecule has 116 valence electrons. The van der Waals surface area contributed by atoms with Crippen LogP contribution in [0, 0.1) is 0 Å². The van der Waals surface area contributed by atoms with Crippen molar-refractivity contribution in [3.8, 4) is 0 Å². The van der Waals surface area contributed by atoms with Crippen LogP contribution in [0.5, 0.6) is 0 Å². The van der Waals surface area contributed by atoms with Crippen LogP contribution in [0.4, 0.5) is 11.4 Å². The van der Waals surface area contributed by atoms with Gasteiger partial charge in [-0.25, -0.2) is 0 Å². The molecule has 0 fully saturated rings. The van der Waals surface area contributed by atoms with E-state index in [0.29, 0.717) is 11.4 Å². The highest BCUT2D eigenvalue weighted by molar-refractivity contribution is 5.99. The molecule has 0 aromatic heterocycles. The molecule has 23 heavy (non-hydrogen) atoms. The van der Waals surface area contributed by atoms with Gasteiger partial charge in [-0.1, -0.05) is 48.6 Å². The third kappa shape index (κ3) is 6.01. The number of anilines is 2. The van der Waals surface area contributed by atoms with Gasteiger partial charge >= 0.3 is 0 Å². The smallest absolute Gasteiger partial charge is 0.248 e. The summed E-state index contributed by atoms with van der Waals surface area (Å²) in [5.74, 6) is -0.343. The van der Waals surface area contributed by atoms with Crippen molar-refractivity contribution in [2.75, 3.05) is 10.6 Å². The van der Waals surface area contributed by atoms with Gasteiger partial charge in [-0.3, -0.25) is 9.59 Å². The summed E-state index contributed by atoms with van der Waals surface area (Å²) >= 11 is 0. The number of hydrogen-bond acceptors (Lipinski definition) is 2. The molecule has 4 nitrogen and oxygen atoms in total. The molecule has 2 N–H and O–H groups in total. The highest BCUT2D eigenvalue weighted by Gasteiger charge is 1.98. The van der Waals surface area contributed by atoms with Gasteiger partial charge in [-0.15, -0.1) is 0 Å². The van der Waals surface area contributed by atoms with Gasteiger partial charge in [0.05, 0.1) is 0 Å². The molecule has 0 aliphatic rings. The lowest BCUT2D eigenvalue weighted by atomic mass is 10.2. The minimum Gasteiger partial charge on any atom is -0.326 e. The SMILES string of the molecule is CC(=O)Nc1ccc(NC(=O)/C=C\C=C\c2ccccc2)cc1. The van der Waals surface area contributed by atoms with Crippen LogP contribution in [-0.4, -0.2) is 11.8 Å². The Bertz CT molecular complexity index is 717. The minimum absolute atomic E-state index is 0.130. The van der Waals surface area contributed by atoms with Crippen molar-refractivity contribution < 1.29 is 9.59 Å². The van der Waals surface area contributed by atoms with Crippen LogP contribution < -0.4 is 10.6 Å². The predicted molar refractivity (Wildman–Crippen MR) is 94.0 cm³/mol. The second kappa shape index (κ2) is 8.34. The first kappa shape index (κ1) is 16.2. The van der Waals surface area contributed by atoms with Crippen molar-refractivity contribution in [3.05, 3.63) is 78.4 Å². The summed E-state index contributed by atoms with van der Waals surface area (Å²) in [6.07, 6.45) is 6.88. The second-order valence-corrected chi connectivity index (χ2v) is 4.88. The number of amides is 2. The van der Waals surface area contributed by atoms with Crippen molar-refractivity contribution in [2.24, 2.45) is 0 Å². The minimum atomic E-state index is -0.213. The maximum absolute atomic E-state index is 11.8. The molecule has 4 heteroatoms. The Morgan fingerprint density at radius 2 is 1.43 bits per heavy atom. The summed E-state index contributed by atoms with van der Waals surface area (Å²) in [6.45, 7) is 1.45. The third-order valence-electron chi connectivity index (χ3n) is 2.92. The summed E-state index contributed by atoms with van der Waals surface area (Å²) in [6, 6.07) is 16.8. The van der Waals surface area contributed by atoms with Gasteiger partial charge < -0.3 is 10.6 Å². The fourth-order valence-corrected chi connectivity index (χ4v) is 1.90. The van der Waals surface area contributed by atoms with Crippen molar-refractivity contribution in [1.82, 2.24) is 0 Å². The number of carbonyl (C=O) groups excluding carboxylic acids is 2. The predicted octanol–water partition coefficient (Wildman–Crippen LogP) is 3.85. The Morgan fingerprint density at radius 1 is 0.826 bits per heavy atom. The number of benzene rings is 2. The molecule has 0 atom stereocenters. The summed E-state index contributed by atoms with van der Waals surface area (Å²) in [4.78, 5) is 22.7. The van der Waals surface area contributed by atoms with Crippen molar-refractivity contribution >= 4 is 29.3 Å². The number of rotatable bonds is 5. The molecule has 0 bridgehead atoms. The van der Waals surface area contributed by atoms with Crippen LogP contribution in [-0.2, 0) is 9.59 Å². The lowest BCUT2D eigenvalue weighted by molar-refractivity contribution is -0.114. The fourth-order valence-electron chi connectivity index (χ4n) is 1.90. The van der Waals surface area contributed by atoms with E-state index in [1.807, 2.05) is 42.5 Å². The molecule has 0 heterocycles. The zero-order chi connectivity index (χ0) is 16.5. The third-order valence-corrected chi connectivity index (χ3v) is 2.92. The Morgan fingerprint density at radius 3 is 2.04 bits per heavy atom. The van der Waals surface area contributed by atoms with Crippen molar-refractivity contribution in [1.29, 1.82) is 0 Å². The van der Waals surface area contributed by atoms with Gasteiger partial charge in [-0.2, -0.15) is 0 Å². The number of hydrogen-bond donors (Lipinski definition) is 2. The first-order chi connectivity index (χ1) is 11.1. The van der Waals surface area contributed by atoms with E-state index in [1.165, 1.54) is 13.0 Å². The standard InChI is InChI=1S/C19H18N2O2/c1-15(22)20-17-11-13-18(14-12-17)21-19(23)10-6-5-9-16-7-3-2-4-8-16/h2-14H,1H3,(H,20,22)(H,21,23)/b9-5+,10-6-.